The second kappa shape index (κ2) is 10.4. The number of alkyl halides is 11. The Kier molecular flexibility index (Phi) is 9.41. The van der Waals surface area contributed by atoms with Crippen molar-refractivity contribution in [3.05, 3.63) is 0 Å². The summed E-state index contributed by atoms with van der Waals surface area (Å²) in [6.07, 6.45) is -15.4. The normalized spacial score (nSPS) is 18.1. The number of hydrogen-bond donors (Lipinski definition) is 0. The van der Waals surface area contributed by atoms with Crippen LogP contribution in [0.5, 0.6) is 0 Å². The monoisotopic (exact) mass is 482 g/mol. The average molecular weight is 482 g/mol. The quantitative estimate of drug-likeness (QED) is 0.368. The third-order valence-electron chi connectivity index (χ3n) is 4.68. The van der Waals surface area contributed by atoms with E-state index >= 15 is 0 Å². The second-order valence-electron chi connectivity index (χ2n) is 7.78. The fraction of sp³-hybridized carbons (Fsp3) is 1.00. The Morgan fingerprint density at radius 2 is 1.29 bits per heavy atom. The maximum atomic E-state index is 14.0. The van der Waals surface area contributed by atoms with E-state index in [0.717, 1.165) is 4.90 Å². The highest BCUT2D eigenvalue weighted by Gasteiger charge is 2.61. The van der Waals surface area contributed by atoms with Crippen LogP contribution in [0.2, 0.25) is 0 Å². The van der Waals surface area contributed by atoms with Crippen molar-refractivity contribution in [3.8, 4) is 0 Å². The predicted octanol–water partition coefficient (Wildman–Crippen LogP) is 4.91. The highest BCUT2D eigenvalue weighted by atomic mass is 19.4. The molecule has 0 aliphatic carbocycles. The second-order valence-corrected chi connectivity index (χ2v) is 7.78. The van der Waals surface area contributed by atoms with Gasteiger partial charge < -0.3 is 4.74 Å². The zero-order chi connectivity index (χ0) is 24.1. The molecule has 1 aliphatic rings. The molecule has 0 radical (unpaired) electrons. The SMILES string of the molecule is CN(CCN1CCOCC1)CC(F)(F)CC(F)(F)C(F)(F)CCC(F)(F)CC(F)(F)F. The zero-order valence-electron chi connectivity index (χ0n) is 16.7. The topological polar surface area (TPSA) is 15.7 Å². The van der Waals surface area contributed by atoms with Gasteiger partial charge in [0, 0.05) is 39.0 Å². The van der Waals surface area contributed by atoms with Crippen LogP contribution >= 0.6 is 0 Å². The standard InChI is InChI=1S/C17H25F11N2O/c1-29(4-5-30-6-8-31-9-7-30)12-14(20,21)10-16(24,25)15(22,23)3-2-13(18,19)11-17(26,27)28/h2-12H2,1H3. The van der Waals surface area contributed by atoms with Gasteiger partial charge in [0.2, 0.25) is 0 Å². The molecule has 1 aliphatic heterocycles. The van der Waals surface area contributed by atoms with Crippen molar-refractivity contribution in [1.29, 1.82) is 0 Å². The molecular formula is C17H25F11N2O. The zero-order valence-corrected chi connectivity index (χ0v) is 16.7. The van der Waals surface area contributed by atoms with Gasteiger partial charge in [-0.05, 0) is 7.05 Å². The summed E-state index contributed by atoms with van der Waals surface area (Å²) in [7, 11) is 1.18. The number of morpholine rings is 1. The number of likely N-dealkylation sites (N-methyl/N-ethyl adjacent to an activating group) is 1. The molecule has 186 valence electrons. The molecule has 0 unspecified atom stereocenters. The maximum absolute atomic E-state index is 14.0. The van der Waals surface area contributed by atoms with Gasteiger partial charge in [-0.2, -0.15) is 30.7 Å². The first-order valence-electron chi connectivity index (χ1n) is 9.41. The fourth-order valence-corrected chi connectivity index (χ4v) is 3.03. The first kappa shape index (κ1) is 28.1. The summed E-state index contributed by atoms with van der Waals surface area (Å²) in [6.45, 7) is 1.05. The highest BCUT2D eigenvalue weighted by molar-refractivity contribution is 4.91. The van der Waals surface area contributed by atoms with Crippen LogP contribution < -0.4 is 0 Å². The third kappa shape index (κ3) is 10.5. The van der Waals surface area contributed by atoms with Crippen molar-refractivity contribution in [3.63, 3.8) is 0 Å². The van der Waals surface area contributed by atoms with Gasteiger partial charge in [-0.3, -0.25) is 9.80 Å². The first-order valence-corrected chi connectivity index (χ1v) is 9.41. The molecule has 14 heteroatoms. The Bertz CT molecular complexity index is 549. The summed E-state index contributed by atoms with van der Waals surface area (Å²) in [5.41, 5.74) is 0. The largest absolute Gasteiger partial charge is 0.394 e. The summed E-state index contributed by atoms with van der Waals surface area (Å²) >= 11 is 0. The molecule has 1 heterocycles. The molecule has 1 saturated heterocycles. The van der Waals surface area contributed by atoms with Crippen molar-refractivity contribution in [2.45, 2.75) is 55.5 Å². The smallest absolute Gasteiger partial charge is 0.379 e. The minimum absolute atomic E-state index is 0.0290. The highest BCUT2D eigenvalue weighted by Crippen LogP contribution is 2.46. The summed E-state index contributed by atoms with van der Waals surface area (Å²) in [4.78, 5) is 2.85. The maximum Gasteiger partial charge on any atom is 0.394 e. The fourth-order valence-electron chi connectivity index (χ4n) is 3.03. The van der Waals surface area contributed by atoms with Crippen LogP contribution in [-0.4, -0.2) is 92.7 Å². The van der Waals surface area contributed by atoms with Crippen molar-refractivity contribution in [2.75, 3.05) is 53.0 Å². The molecule has 0 spiro atoms. The number of hydrogen-bond acceptors (Lipinski definition) is 3. The van der Waals surface area contributed by atoms with Crippen LogP contribution in [0.1, 0.15) is 25.7 Å². The number of rotatable bonds is 12. The summed E-state index contributed by atoms with van der Waals surface area (Å²) in [5.74, 6) is -19.7. The lowest BCUT2D eigenvalue weighted by Crippen LogP contribution is -2.49. The average Bonchev–Trinajstić information content (AvgIpc) is 2.56. The molecule has 0 saturated carbocycles. The van der Waals surface area contributed by atoms with Crippen LogP contribution in [-0.2, 0) is 4.74 Å². The molecular weight excluding hydrogens is 457 g/mol. The molecule has 0 N–H and O–H groups in total. The van der Waals surface area contributed by atoms with E-state index in [1.165, 1.54) is 7.05 Å². The van der Waals surface area contributed by atoms with E-state index in [2.05, 4.69) is 0 Å². The predicted molar refractivity (Wildman–Crippen MR) is 89.1 cm³/mol. The van der Waals surface area contributed by atoms with E-state index in [9.17, 15) is 48.3 Å². The molecule has 0 aromatic rings. The van der Waals surface area contributed by atoms with Gasteiger partial charge in [-0.25, -0.2) is 17.6 Å². The Morgan fingerprint density at radius 3 is 1.81 bits per heavy atom. The van der Waals surface area contributed by atoms with Crippen molar-refractivity contribution in [2.24, 2.45) is 0 Å². The molecule has 0 aromatic carbocycles. The number of halogens is 11. The van der Waals surface area contributed by atoms with E-state index in [1.807, 2.05) is 4.90 Å². The summed E-state index contributed by atoms with van der Waals surface area (Å²) < 4.78 is 150. The minimum Gasteiger partial charge on any atom is -0.379 e. The van der Waals surface area contributed by atoms with E-state index in [0.29, 0.717) is 32.8 Å². The lowest BCUT2D eigenvalue weighted by atomic mass is 9.97. The lowest BCUT2D eigenvalue weighted by Gasteiger charge is -2.33. The van der Waals surface area contributed by atoms with Gasteiger partial charge in [0.1, 0.15) is 6.42 Å². The summed E-state index contributed by atoms with van der Waals surface area (Å²) in [5, 5.41) is 0. The first-order chi connectivity index (χ1) is 13.8. The Labute approximate surface area is 172 Å². The molecule has 0 aromatic heterocycles. The molecule has 1 rings (SSSR count). The molecule has 0 amide bonds. The van der Waals surface area contributed by atoms with Gasteiger partial charge in [0.25, 0.3) is 11.8 Å². The van der Waals surface area contributed by atoms with E-state index in [-0.39, 0.29) is 6.54 Å². The Hall–Kier alpha value is -0.890. The molecule has 0 bridgehead atoms. The van der Waals surface area contributed by atoms with Gasteiger partial charge in [-0.1, -0.05) is 0 Å². The molecule has 31 heavy (non-hydrogen) atoms. The number of nitrogens with zero attached hydrogens (tertiary/aromatic N) is 2. The third-order valence-corrected chi connectivity index (χ3v) is 4.68. The van der Waals surface area contributed by atoms with Crippen LogP contribution in [0.4, 0.5) is 48.3 Å². The van der Waals surface area contributed by atoms with Crippen LogP contribution in [0.15, 0.2) is 0 Å². The van der Waals surface area contributed by atoms with Gasteiger partial charge in [0.15, 0.2) is 0 Å². The van der Waals surface area contributed by atoms with Gasteiger partial charge in [0.05, 0.1) is 26.2 Å². The van der Waals surface area contributed by atoms with Crippen molar-refractivity contribution >= 4 is 0 Å². The number of ether oxygens (including phenoxy) is 1. The van der Waals surface area contributed by atoms with Gasteiger partial charge in [-0.15, -0.1) is 0 Å². The molecule has 1 fully saturated rings. The van der Waals surface area contributed by atoms with Gasteiger partial charge >= 0.3 is 18.0 Å². The van der Waals surface area contributed by atoms with Crippen LogP contribution in [0, 0.1) is 0 Å². The van der Waals surface area contributed by atoms with Crippen molar-refractivity contribution < 1.29 is 53.0 Å². The molecule has 3 nitrogen and oxygen atoms in total. The van der Waals surface area contributed by atoms with Crippen LogP contribution in [0.25, 0.3) is 0 Å². The van der Waals surface area contributed by atoms with Crippen molar-refractivity contribution in [1.82, 2.24) is 9.80 Å². The molecule has 0 atom stereocenters. The van der Waals surface area contributed by atoms with Crippen LogP contribution in [0.3, 0.4) is 0 Å². The Morgan fingerprint density at radius 1 is 0.742 bits per heavy atom. The Balaban J connectivity index is 2.60. The van der Waals surface area contributed by atoms with E-state index in [4.69, 9.17) is 4.74 Å². The summed E-state index contributed by atoms with van der Waals surface area (Å²) in [6, 6.07) is 0. The minimum atomic E-state index is -5.40. The van der Waals surface area contributed by atoms with E-state index in [1.54, 1.807) is 0 Å². The van der Waals surface area contributed by atoms with E-state index < -0.39 is 62.1 Å². The lowest BCUT2D eigenvalue weighted by molar-refractivity contribution is -0.250.